The molecule has 0 aliphatic rings. The molecule has 1 amide bonds. The van der Waals surface area contributed by atoms with Crippen molar-refractivity contribution in [3.05, 3.63) is 58.6 Å². The normalized spacial score (nSPS) is 12.3. The molecule has 0 saturated carbocycles. The number of anilines is 1. The van der Waals surface area contributed by atoms with Crippen LogP contribution >= 0.6 is 11.6 Å². The molecule has 0 fully saturated rings. The summed E-state index contributed by atoms with van der Waals surface area (Å²) in [4.78, 5) is 12.9. The Morgan fingerprint density at radius 1 is 1.25 bits per heavy atom. The number of carbonyl (C=O) groups excluding carboxylic acids is 1. The standard InChI is InChI=1S/C20H25ClN2O4S/c1-5-18(20(24)22-13-15-9-7-6-8-14(15)2)23(28(4,25)26)16-10-11-19(27-3)17(21)12-16/h6-12,18H,5,13H2,1-4H3,(H,22,24)/t18-/m1/s1. The number of methoxy groups -OCH3 is 1. The van der Waals surface area contributed by atoms with Crippen molar-refractivity contribution in [1.29, 1.82) is 0 Å². The minimum atomic E-state index is -3.73. The first-order valence-electron chi connectivity index (χ1n) is 8.84. The van der Waals surface area contributed by atoms with Gasteiger partial charge in [-0.2, -0.15) is 0 Å². The Bertz CT molecular complexity index is 947. The van der Waals surface area contributed by atoms with Gasteiger partial charge in [-0.1, -0.05) is 42.8 Å². The number of nitrogens with zero attached hydrogens (tertiary/aromatic N) is 1. The topological polar surface area (TPSA) is 75.7 Å². The van der Waals surface area contributed by atoms with E-state index in [-0.39, 0.29) is 10.9 Å². The molecule has 0 bridgehead atoms. The summed E-state index contributed by atoms with van der Waals surface area (Å²) in [5.41, 5.74) is 2.34. The lowest BCUT2D eigenvalue weighted by atomic mass is 10.1. The van der Waals surface area contributed by atoms with E-state index in [2.05, 4.69) is 5.32 Å². The maximum Gasteiger partial charge on any atom is 0.244 e. The maximum atomic E-state index is 12.9. The fourth-order valence-corrected chi connectivity index (χ4v) is 4.42. The molecule has 28 heavy (non-hydrogen) atoms. The number of hydrogen-bond acceptors (Lipinski definition) is 4. The summed E-state index contributed by atoms with van der Waals surface area (Å²) in [6, 6.07) is 11.4. The molecule has 0 aliphatic carbocycles. The second-order valence-electron chi connectivity index (χ2n) is 6.45. The van der Waals surface area contributed by atoms with Gasteiger partial charge in [-0.15, -0.1) is 0 Å². The molecule has 0 radical (unpaired) electrons. The lowest BCUT2D eigenvalue weighted by Gasteiger charge is -2.30. The van der Waals surface area contributed by atoms with Crippen LogP contribution in [0.5, 0.6) is 5.75 Å². The van der Waals surface area contributed by atoms with E-state index >= 15 is 0 Å². The first kappa shape index (κ1) is 22.0. The average molecular weight is 425 g/mol. The largest absolute Gasteiger partial charge is 0.495 e. The Morgan fingerprint density at radius 3 is 2.46 bits per heavy atom. The van der Waals surface area contributed by atoms with Gasteiger partial charge in [0, 0.05) is 6.54 Å². The van der Waals surface area contributed by atoms with Crippen molar-refractivity contribution in [2.24, 2.45) is 0 Å². The van der Waals surface area contributed by atoms with E-state index in [1.54, 1.807) is 19.1 Å². The van der Waals surface area contributed by atoms with Crippen LogP contribution in [-0.4, -0.2) is 33.7 Å². The van der Waals surface area contributed by atoms with Gasteiger partial charge in [0.1, 0.15) is 11.8 Å². The monoisotopic (exact) mass is 424 g/mol. The number of hydrogen-bond donors (Lipinski definition) is 1. The third-order valence-electron chi connectivity index (χ3n) is 4.43. The zero-order valence-corrected chi connectivity index (χ0v) is 18.0. The number of nitrogens with one attached hydrogen (secondary N) is 1. The summed E-state index contributed by atoms with van der Waals surface area (Å²) in [5.74, 6) is 0.0547. The number of benzene rings is 2. The fraction of sp³-hybridized carbons (Fsp3) is 0.350. The zero-order chi connectivity index (χ0) is 20.9. The number of halogens is 1. The number of aryl methyl sites for hydroxylation is 1. The Balaban J connectivity index is 2.31. The van der Waals surface area contributed by atoms with Crippen LogP contribution in [0.3, 0.4) is 0 Å². The van der Waals surface area contributed by atoms with E-state index < -0.39 is 16.1 Å². The molecule has 2 rings (SSSR count). The van der Waals surface area contributed by atoms with Gasteiger partial charge in [0.05, 0.1) is 24.1 Å². The Hall–Kier alpha value is -2.25. The van der Waals surface area contributed by atoms with Gasteiger partial charge in [-0.25, -0.2) is 8.42 Å². The van der Waals surface area contributed by atoms with Crippen molar-refractivity contribution in [1.82, 2.24) is 5.32 Å². The smallest absolute Gasteiger partial charge is 0.244 e. The van der Waals surface area contributed by atoms with E-state index in [4.69, 9.17) is 16.3 Å². The van der Waals surface area contributed by atoms with Gasteiger partial charge >= 0.3 is 0 Å². The highest BCUT2D eigenvalue weighted by Gasteiger charge is 2.31. The molecule has 1 N–H and O–H groups in total. The molecule has 152 valence electrons. The third kappa shape index (κ3) is 5.17. The summed E-state index contributed by atoms with van der Waals surface area (Å²) in [6.07, 6.45) is 1.37. The van der Waals surface area contributed by atoms with Gasteiger partial charge in [-0.05, 0) is 42.7 Å². The molecule has 0 spiro atoms. The van der Waals surface area contributed by atoms with E-state index in [9.17, 15) is 13.2 Å². The molecule has 6 nitrogen and oxygen atoms in total. The van der Waals surface area contributed by atoms with Gasteiger partial charge < -0.3 is 10.1 Å². The van der Waals surface area contributed by atoms with Gasteiger partial charge in [0.25, 0.3) is 0 Å². The van der Waals surface area contributed by atoms with Crippen LogP contribution in [0, 0.1) is 6.92 Å². The van der Waals surface area contributed by atoms with Crippen LogP contribution in [0.4, 0.5) is 5.69 Å². The van der Waals surface area contributed by atoms with Crippen molar-refractivity contribution < 1.29 is 17.9 Å². The number of ether oxygens (including phenoxy) is 1. The van der Waals surface area contributed by atoms with Crippen molar-refractivity contribution in [3.8, 4) is 5.75 Å². The predicted molar refractivity (Wildman–Crippen MR) is 112 cm³/mol. The number of sulfonamides is 1. The lowest BCUT2D eigenvalue weighted by Crippen LogP contribution is -2.49. The number of carbonyl (C=O) groups is 1. The third-order valence-corrected chi connectivity index (χ3v) is 5.91. The van der Waals surface area contributed by atoms with Crippen LogP contribution in [-0.2, 0) is 21.4 Å². The quantitative estimate of drug-likeness (QED) is 0.703. The highest BCUT2D eigenvalue weighted by Crippen LogP contribution is 2.31. The molecular formula is C20H25ClN2O4S. The van der Waals surface area contributed by atoms with Crippen LogP contribution in [0.1, 0.15) is 24.5 Å². The molecule has 0 heterocycles. The molecule has 2 aromatic rings. The van der Waals surface area contributed by atoms with Crippen LogP contribution < -0.4 is 14.4 Å². The van der Waals surface area contributed by atoms with Crippen molar-refractivity contribution in [2.75, 3.05) is 17.7 Å². The van der Waals surface area contributed by atoms with E-state index in [1.807, 2.05) is 31.2 Å². The average Bonchev–Trinajstić information content (AvgIpc) is 2.64. The predicted octanol–water partition coefficient (Wildman–Crippen LogP) is 3.52. The van der Waals surface area contributed by atoms with Gasteiger partial charge in [-0.3, -0.25) is 9.10 Å². The van der Waals surface area contributed by atoms with Crippen molar-refractivity contribution >= 4 is 33.2 Å². The number of amides is 1. The summed E-state index contributed by atoms with van der Waals surface area (Å²) in [6.45, 7) is 4.05. The summed E-state index contributed by atoms with van der Waals surface area (Å²) in [5, 5.41) is 3.12. The minimum absolute atomic E-state index is 0.267. The van der Waals surface area contributed by atoms with E-state index in [0.29, 0.717) is 24.4 Å². The maximum absolute atomic E-state index is 12.9. The fourth-order valence-electron chi connectivity index (χ4n) is 2.96. The van der Waals surface area contributed by atoms with Crippen LogP contribution in [0.2, 0.25) is 5.02 Å². The van der Waals surface area contributed by atoms with Gasteiger partial charge in [0.15, 0.2) is 0 Å². The zero-order valence-electron chi connectivity index (χ0n) is 16.4. The van der Waals surface area contributed by atoms with Crippen molar-refractivity contribution in [2.45, 2.75) is 32.9 Å². The SMILES string of the molecule is CC[C@H](C(=O)NCc1ccccc1C)N(c1ccc(OC)c(Cl)c1)S(C)(=O)=O. The minimum Gasteiger partial charge on any atom is -0.495 e. The molecule has 0 aromatic heterocycles. The Labute approximate surface area is 171 Å². The van der Waals surface area contributed by atoms with Gasteiger partial charge in [0.2, 0.25) is 15.9 Å². The van der Waals surface area contributed by atoms with Crippen LogP contribution in [0.15, 0.2) is 42.5 Å². The Morgan fingerprint density at radius 2 is 1.93 bits per heavy atom. The second kappa shape index (κ2) is 9.30. The summed E-state index contributed by atoms with van der Waals surface area (Å²) < 4.78 is 31.2. The highest BCUT2D eigenvalue weighted by molar-refractivity contribution is 7.92. The summed E-state index contributed by atoms with van der Waals surface area (Å²) >= 11 is 6.16. The number of rotatable bonds is 8. The van der Waals surface area contributed by atoms with Crippen LogP contribution in [0.25, 0.3) is 0 Å². The first-order valence-corrected chi connectivity index (χ1v) is 11.1. The molecule has 0 aliphatic heterocycles. The molecule has 0 saturated heterocycles. The van der Waals surface area contributed by atoms with E-state index in [0.717, 1.165) is 21.7 Å². The second-order valence-corrected chi connectivity index (χ2v) is 8.71. The Kier molecular flexibility index (Phi) is 7.32. The molecule has 2 aromatic carbocycles. The first-order chi connectivity index (χ1) is 13.2. The highest BCUT2D eigenvalue weighted by atomic mass is 35.5. The van der Waals surface area contributed by atoms with Crippen molar-refractivity contribution in [3.63, 3.8) is 0 Å². The molecular weight excluding hydrogens is 400 g/mol. The molecule has 0 unspecified atom stereocenters. The summed E-state index contributed by atoms with van der Waals surface area (Å²) in [7, 11) is -2.25. The lowest BCUT2D eigenvalue weighted by molar-refractivity contribution is -0.122. The molecule has 8 heteroatoms. The van der Waals surface area contributed by atoms with E-state index in [1.165, 1.54) is 13.2 Å². The molecule has 1 atom stereocenters.